The van der Waals surface area contributed by atoms with Crippen molar-refractivity contribution in [2.24, 2.45) is 0 Å². The Balaban J connectivity index is 1.85. The summed E-state index contributed by atoms with van der Waals surface area (Å²) in [5.74, 6) is 0.161. The third-order valence-corrected chi connectivity index (χ3v) is 5.10. The van der Waals surface area contributed by atoms with E-state index in [0.717, 1.165) is 47.1 Å². The lowest BCUT2D eigenvalue weighted by molar-refractivity contribution is 0.0765. The zero-order valence-corrected chi connectivity index (χ0v) is 13.2. The van der Waals surface area contributed by atoms with Crippen LogP contribution in [0.5, 0.6) is 0 Å². The number of aryl methyl sites for hydroxylation is 1. The molecule has 0 saturated carbocycles. The molecule has 1 amide bonds. The topological polar surface area (TPSA) is 33.2 Å². The summed E-state index contributed by atoms with van der Waals surface area (Å²) in [4.78, 5) is 20.1. The number of hydrogen-bond acceptors (Lipinski definition) is 3. The van der Waals surface area contributed by atoms with Gasteiger partial charge in [0, 0.05) is 18.7 Å². The smallest absolute Gasteiger partial charge is 0.265 e. The Labute approximate surface area is 129 Å². The van der Waals surface area contributed by atoms with Crippen molar-refractivity contribution in [3.05, 3.63) is 40.9 Å². The summed E-state index contributed by atoms with van der Waals surface area (Å²) in [6, 6.07) is 10.1. The Morgan fingerprint density at radius 1 is 1.10 bits per heavy atom. The minimum absolute atomic E-state index is 0.161. The van der Waals surface area contributed by atoms with Crippen molar-refractivity contribution in [2.45, 2.75) is 32.6 Å². The highest BCUT2D eigenvalue weighted by Gasteiger charge is 2.22. The summed E-state index contributed by atoms with van der Waals surface area (Å²) in [5.41, 5.74) is 1.94. The molecule has 0 unspecified atom stereocenters. The van der Waals surface area contributed by atoms with Gasteiger partial charge >= 0.3 is 0 Å². The highest BCUT2D eigenvalue weighted by Crippen LogP contribution is 2.29. The number of rotatable bonds is 2. The number of hydrogen-bond donors (Lipinski definition) is 0. The van der Waals surface area contributed by atoms with E-state index in [1.54, 1.807) is 0 Å². The minimum atomic E-state index is 0.161. The van der Waals surface area contributed by atoms with Gasteiger partial charge in [0.25, 0.3) is 5.91 Å². The first kappa shape index (κ1) is 14.3. The normalized spacial score (nSPS) is 15.8. The van der Waals surface area contributed by atoms with E-state index in [9.17, 15) is 4.79 Å². The third-order valence-electron chi connectivity index (χ3n) is 3.90. The van der Waals surface area contributed by atoms with E-state index in [-0.39, 0.29) is 5.91 Å². The number of benzene rings is 1. The summed E-state index contributed by atoms with van der Waals surface area (Å²) >= 11 is 1.52. The molecule has 2 aromatic rings. The maximum Gasteiger partial charge on any atom is 0.265 e. The van der Waals surface area contributed by atoms with Crippen LogP contribution in [0.15, 0.2) is 30.3 Å². The molecule has 0 bridgehead atoms. The molecule has 1 aromatic heterocycles. The second kappa shape index (κ2) is 6.39. The Hall–Kier alpha value is -1.68. The van der Waals surface area contributed by atoms with Gasteiger partial charge in [-0.05, 0) is 19.8 Å². The molecule has 0 atom stereocenters. The van der Waals surface area contributed by atoms with E-state index in [0.29, 0.717) is 0 Å². The fourth-order valence-electron chi connectivity index (χ4n) is 2.72. The number of carbonyl (C=O) groups excluding carboxylic acids is 1. The summed E-state index contributed by atoms with van der Waals surface area (Å²) in [7, 11) is 0. The number of nitrogens with zero attached hydrogens (tertiary/aromatic N) is 2. The molecule has 1 saturated heterocycles. The van der Waals surface area contributed by atoms with E-state index in [1.165, 1.54) is 24.2 Å². The largest absolute Gasteiger partial charge is 0.338 e. The zero-order chi connectivity index (χ0) is 14.7. The highest BCUT2D eigenvalue weighted by molar-refractivity contribution is 7.17. The van der Waals surface area contributed by atoms with Crippen LogP contribution >= 0.6 is 11.3 Å². The van der Waals surface area contributed by atoms with Crippen LogP contribution < -0.4 is 0 Å². The van der Waals surface area contributed by atoms with E-state index in [4.69, 9.17) is 0 Å². The van der Waals surface area contributed by atoms with Crippen molar-refractivity contribution in [3.8, 4) is 10.6 Å². The standard InChI is InChI=1S/C17H20N2OS/c1-13-15(17(20)19-11-7-2-3-8-12-19)21-16(18-13)14-9-5-4-6-10-14/h4-6,9-10H,2-3,7-8,11-12H2,1H3. The third kappa shape index (κ3) is 3.16. The van der Waals surface area contributed by atoms with Gasteiger partial charge in [0.2, 0.25) is 0 Å². The zero-order valence-electron chi connectivity index (χ0n) is 12.3. The fraction of sp³-hybridized carbons (Fsp3) is 0.412. The van der Waals surface area contributed by atoms with Crippen LogP contribution in [0.3, 0.4) is 0 Å². The van der Waals surface area contributed by atoms with Crippen molar-refractivity contribution >= 4 is 17.2 Å². The van der Waals surface area contributed by atoms with Gasteiger partial charge in [0.1, 0.15) is 9.88 Å². The van der Waals surface area contributed by atoms with E-state index >= 15 is 0 Å². The first-order valence-corrected chi connectivity index (χ1v) is 8.39. The molecule has 2 heterocycles. The van der Waals surface area contributed by atoms with Crippen LogP contribution in [0.4, 0.5) is 0 Å². The molecular weight excluding hydrogens is 280 g/mol. The maximum absolute atomic E-state index is 12.7. The van der Waals surface area contributed by atoms with E-state index in [1.807, 2.05) is 42.2 Å². The predicted octanol–water partition coefficient (Wildman–Crippen LogP) is 4.13. The van der Waals surface area contributed by atoms with Crippen molar-refractivity contribution in [2.75, 3.05) is 13.1 Å². The van der Waals surface area contributed by atoms with Gasteiger partial charge in [-0.25, -0.2) is 4.98 Å². The maximum atomic E-state index is 12.7. The molecule has 0 spiro atoms. The second-order valence-electron chi connectivity index (χ2n) is 5.51. The Bertz CT molecular complexity index is 613. The quantitative estimate of drug-likeness (QED) is 0.835. The molecule has 0 radical (unpaired) electrons. The molecule has 1 fully saturated rings. The lowest BCUT2D eigenvalue weighted by Crippen LogP contribution is -2.31. The molecule has 0 aliphatic carbocycles. The van der Waals surface area contributed by atoms with Crippen LogP contribution in [-0.2, 0) is 0 Å². The SMILES string of the molecule is Cc1nc(-c2ccccc2)sc1C(=O)N1CCCCCC1. The molecule has 1 aliphatic rings. The first-order valence-electron chi connectivity index (χ1n) is 7.58. The molecular formula is C17H20N2OS. The number of thiazole rings is 1. The summed E-state index contributed by atoms with van der Waals surface area (Å²) < 4.78 is 0. The van der Waals surface area contributed by atoms with Gasteiger partial charge in [-0.1, -0.05) is 43.2 Å². The van der Waals surface area contributed by atoms with E-state index in [2.05, 4.69) is 4.98 Å². The van der Waals surface area contributed by atoms with Gasteiger partial charge in [0.05, 0.1) is 5.69 Å². The molecule has 21 heavy (non-hydrogen) atoms. The number of amides is 1. The van der Waals surface area contributed by atoms with Gasteiger partial charge in [0.15, 0.2) is 0 Å². The Morgan fingerprint density at radius 2 is 1.76 bits per heavy atom. The summed E-state index contributed by atoms with van der Waals surface area (Å²) in [6.45, 7) is 3.71. The fourth-order valence-corrected chi connectivity index (χ4v) is 3.76. The van der Waals surface area contributed by atoms with Gasteiger partial charge in [-0.2, -0.15) is 0 Å². The lowest BCUT2D eigenvalue weighted by Gasteiger charge is -2.19. The van der Waals surface area contributed by atoms with Crippen LogP contribution in [-0.4, -0.2) is 28.9 Å². The predicted molar refractivity (Wildman–Crippen MR) is 86.7 cm³/mol. The molecule has 1 aromatic carbocycles. The Morgan fingerprint density at radius 3 is 2.43 bits per heavy atom. The highest BCUT2D eigenvalue weighted by atomic mass is 32.1. The van der Waals surface area contributed by atoms with Crippen LogP contribution in [0.1, 0.15) is 41.0 Å². The van der Waals surface area contributed by atoms with Crippen molar-refractivity contribution < 1.29 is 4.79 Å². The number of likely N-dealkylation sites (tertiary alicyclic amines) is 1. The molecule has 1 aliphatic heterocycles. The van der Waals surface area contributed by atoms with Crippen molar-refractivity contribution in [3.63, 3.8) is 0 Å². The second-order valence-corrected chi connectivity index (χ2v) is 6.51. The van der Waals surface area contributed by atoms with Crippen molar-refractivity contribution in [1.29, 1.82) is 0 Å². The molecule has 4 heteroatoms. The van der Waals surface area contributed by atoms with Gasteiger partial charge in [-0.3, -0.25) is 4.79 Å². The summed E-state index contributed by atoms with van der Waals surface area (Å²) in [5, 5.41) is 0.936. The van der Waals surface area contributed by atoms with Gasteiger partial charge < -0.3 is 4.90 Å². The average Bonchev–Trinajstić information content (AvgIpc) is 2.74. The molecule has 3 rings (SSSR count). The van der Waals surface area contributed by atoms with E-state index < -0.39 is 0 Å². The van der Waals surface area contributed by atoms with Crippen LogP contribution in [0.25, 0.3) is 10.6 Å². The number of carbonyl (C=O) groups is 1. The van der Waals surface area contributed by atoms with Crippen LogP contribution in [0, 0.1) is 6.92 Å². The van der Waals surface area contributed by atoms with Crippen LogP contribution in [0.2, 0.25) is 0 Å². The average molecular weight is 300 g/mol. The molecule has 3 nitrogen and oxygen atoms in total. The molecule has 0 N–H and O–H groups in total. The minimum Gasteiger partial charge on any atom is -0.338 e. The Kier molecular flexibility index (Phi) is 4.34. The van der Waals surface area contributed by atoms with Gasteiger partial charge in [-0.15, -0.1) is 11.3 Å². The lowest BCUT2D eigenvalue weighted by atomic mass is 10.2. The number of aromatic nitrogens is 1. The summed E-state index contributed by atoms with van der Waals surface area (Å²) in [6.07, 6.45) is 4.71. The first-order chi connectivity index (χ1) is 10.3. The monoisotopic (exact) mass is 300 g/mol. The van der Waals surface area contributed by atoms with Crippen molar-refractivity contribution in [1.82, 2.24) is 9.88 Å². The molecule has 110 valence electrons.